The molecule has 7 heteroatoms. The maximum absolute atomic E-state index is 12.9. The van der Waals surface area contributed by atoms with Crippen LogP contribution in [-0.2, 0) is 11.2 Å². The SMILES string of the molecule is Cc1noc(C)c1CC(=O)N1C[C@H](c2ncon2)[C@H](c2ccccc2)C1. The number of aromatic nitrogens is 3. The summed E-state index contributed by atoms with van der Waals surface area (Å²) in [6.45, 7) is 4.90. The molecule has 1 amide bonds. The molecule has 1 aromatic carbocycles. The summed E-state index contributed by atoms with van der Waals surface area (Å²) in [6.07, 6.45) is 1.63. The normalized spacial score (nSPS) is 19.8. The zero-order valence-electron chi connectivity index (χ0n) is 14.8. The molecule has 0 aliphatic carbocycles. The maximum Gasteiger partial charge on any atom is 0.227 e. The van der Waals surface area contributed by atoms with Crippen LogP contribution in [0.5, 0.6) is 0 Å². The average Bonchev–Trinajstić information content (AvgIpc) is 3.38. The van der Waals surface area contributed by atoms with Crippen LogP contribution < -0.4 is 0 Å². The molecule has 0 bridgehead atoms. The van der Waals surface area contributed by atoms with E-state index in [4.69, 9.17) is 9.05 Å². The Morgan fingerprint density at radius 1 is 1.15 bits per heavy atom. The molecule has 4 rings (SSSR count). The molecular weight excluding hydrogens is 332 g/mol. The fourth-order valence-electron chi connectivity index (χ4n) is 3.67. The van der Waals surface area contributed by atoms with Gasteiger partial charge >= 0.3 is 0 Å². The van der Waals surface area contributed by atoms with Gasteiger partial charge in [0.05, 0.1) is 12.1 Å². The molecule has 0 unspecified atom stereocenters. The second-order valence-corrected chi connectivity index (χ2v) is 6.69. The van der Waals surface area contributed by atoms with Crippen molar-refractivity contribution in [3.8, 4) is 0 Å². The summed E-state index contributed by atoms with van der Waals surface area (Å²) in [4.78, 5) is 19.0. The first kappa shape index (κ1) is 16.5. The number of carbonyl (C=O) groups is 1. The van der Waals surface area contributed by atoms with Gasteiger partial charge in [0.1, 0.15) is 5.76 Å². The van der Waals surface area contributed by atoms with Crippen molar-refractivity contribution in [3.05, 3.63) is 65.1 Å². The molecule has 3 aromatic rings. The Hall–Kier alpha value is -2.96. The maximum atomic E-state index is 12.9. The minimum absolute atomic E-state index is 0.0183. The van der Waals surface area contributed by atoms with Gasteiger partial charge in [-0.2, -0.15) is 4.98 Å². The number of hydrogen-bond donors (Lipinski definition) is 0. The number of aryl methyl sites for hydroxylation is 2. The van der Waals surface area contributed by atoms with Gasteiger partial charge in [-0.25, -0.2) is 0 Å². The van der Waals surface area contributed by atoms with E-state index in [1.165, 1.54) is 12.0 Å². The lowest BCUT2D eigenvalue weighted by molar-refractivity contribution is -0.129. The number of hydrogen-bond acceptors (Lipinski definition) is 6. The van der Waals surface area contributed by atoms with Gasteiger partial charge in [-0.1, -0.05) is 40.6 Å². The van der Waals surface area contributed by atoms with Crippen molar-refractivity contribution in [1.29, 1.82) is 0 Å². The van der Waals surface area contributed by atoms with Crippen LogP contribution in [0.1, 0.15) is 40.2 Å². The molecule has 1 aliphatic rings. The van der Waals surface area contributed by atoms with Crippen LogP contribution in [0, 0.1) is 13.8 Å². The van der Waals surface area contributed by atoms with Gasteiger partial charge < -0.3 is 13.9 Å². The van der Waals surface area contributed by atoms with Crippen molar-refractivity contribution in [2.45, 2.75) is 32.1 Å². The molecule has 1 fully saturated rings. The first-order valence-corrected chi connectivity index (χ1v) is 8.64. The van der Waals surface area contributed by atoms with E-state index in [1.807, 2.05) is 36.9 Å². The highest BCUT2D eigenvalue weighted by molar-refractivity contribution is 5.79. The predicted molar refractivity (Wildman–Crippen MR) is 92.5 cm³/mol. The highest BCUT2D eigenvalue weighted by atomic mass is 16.5. The van der Waals surface area contributed by atoms with E-state index in [2.05, 4.69) is 27.4 Å². The molecule has 0 radical (unpaired) electrons. The molecule has 7 nitrogen and oxygen atoms in total. The van der Waals surface area contributed by atoms with Crippen LogP contribution in [0.15, 0.2) is 45.8 Å². The lowest BCUT2D eigenvalue weighted by atomic mass is 9.88. The van der Waals surface area contributed by atoms with Gasteiger partial charge in [-0.05, 0) is 19.4 Å². The largest absolute Gasteiger partial charge is 0.361 e. The molecule has 3 heterocycles. The Balaban J connectivity index is 1.58. The number of benzene rings is 1. The summed E-state index contributed by atoms with van der Waals surface area (Å²) in [5, 5.41) is 7.96. The Labute approximate surface area is 151 Å². The molecule has 0 N–H and O–H groups in total. The van der Waals surface area contributed by atoms with Crippen LogP contribution in [0.25, 0.3) is 0 Å². The summed E-state index contributed by atoms with van der Waals surface area (Å²) < 4.78 is 10.1. The smallest absolute Gasteiger partial charge is 0.227 e. The Kier molecular flexibility index (Phi) is 4.28. The molecular formula is C19H20N4O3. The fraction of sp³-hybridized carbons (Fsp3) is 0.368. The van der Waals surface area contributed by atoms with E-state index in [0.717, 1.165) is 11.3 Å². The second-order valence-electron chi connectivity index (χ2n) is 6.69. The predicted octanol–water partition coefficient (Wildman–Crippen LogP) is 2.63. The molecule has 2 atom stereocenters. The molecule has 2 aromatic heterocycles. The Morgan fingerprint density at radius 3 is 2.58 bits per heavy atom. The van der Waals surface area contributed by atoms with Crippen molar-refractivity contribution in [3.63, 3.8) is 0 Å². The van der Waals surface area contributed by atoms with E-state index in [0.29, 0.717) is 31.1 Å². The average molecular weight is 352 g/mol. The van der Waals surface area contributed by atoms with Gasteiger partial charge in [-0.3, -0.25) is 4.79 Å². The summed E-state index contributed by atoms with van der Waals surface area (Å²) >= 11 is 0. The number of rotatable bonds is 4. The third-order valence-corrected chi connectivity index (χ3v) is 5.12. The zero-order valence-corrected chi connectivity index (χ0v) is 14.8. The van der Waals surface area contributed by atoms with Gasteiger partial charge in [0.25, 0.3) is 0 Å². The van der Waals surface area contributed by atoms with Crippen LogP contribution in [0.4, 0.5) is 0 Å². The molecule has 1 saturated heterocycles. The Bertz CT molecular complexity index is 869. The number of nitrogens with zero attached hydrogens (tertiary/aromatic N) is 4. The monoisotopic (exact) mass is 352 g/mol. The topological polar surface area (TPSA) is 85.3 Å². The van der Waals surface area contributed by atoms with E-state index in [1.54, 1.807) is 0 Å². The quantitative estimate of drug-likeness (QED) is 0.717. The standard InChI is InChI=1S/C19H20N4O3/c1-12-15(13(2)26-21-12)8-18(24)23-9-16(14-6-4-3-5-7-14)17(10-23)19-20-11-25-22-19/h3-7,11,16-17H,8-10H2,1-2H3/t16-,17-/m0/s1. The highest BCUT2D eigenvalue weighted by Gasteiger charge is 2.39. The van der Waals surface area contributed by atoms with Gasteiger partial charge in [0.15, 0.2) is 5.82 Å². The summed E-state index contributed by atoms with van der Waals surface area (Å²) in [5.74, 6) is 1.56. The van der Waals surface area contributed by atoms with Gasteiger partial charge in [-0.15, -0.1) is 0 Å². The number of amides is 1. The van der Waals surface area contributed by atoms with Crippen LogP contribution in [0.3, 0.4) is 0 Å². The van der Waals surface area contributed by atoms with Crippen molar-refractivity contribution < 1.29 is 13.8 Å². The van der Waals surface area contributed by atoms with Crippen molar-refractivity contribution >= 4 is 5.91 Å². The Morgan fingerprint density at radius 2 is 1.92 bits per heavy atom. The third-order valence-electron chi connectivity index (χ3n) is 5.12. The fourth-order valence-corrected chi connectivity index (χ4v) is 3.67. The lowest BCUT2D eigenvalue weighted by Crippen LogP contribution is -2.30. The minimum Gasteiger partial charge on any atom is -0.361 e. The van der Waals surface area contributed by atoms with E-state index in [9.17, 15) is 4.79 Å². The van der Waals surface area contributed by atoms with Crippen molar-refractivity contribution in [1.82, 2.24) is 20.2 Å². The molecule has 134 valence electrons. The summed E-state index contributed by atoms with van der Waals surface area (Å²) in [6, 6.07) is 10.2. The number of likely N-dealkylation sites (tertiary alicyclic amines) is 1. The minimum atomic E-state index is 0.0183. The van der Waals surface area contributed by atoms with E-state index >= 15 is 0 Å². The molecule has 26 heavy (non-hydrogen) atoms. The zero-order chi connectivity index (χ0) is 18.1. The van der Waals surface area contributed by atoms with Gasteiger partial charge in [0.2, 0.25) is 12.3 Å². The number of carbonyl (C=O) groups excluding carboxylic acids is 1. The lowest BCUT2D eigenvalue weighted by Gasteiger charge is -2.16. The van der Waals surface area contributed by atoms with Gasteiger partial charge in [0, 0.05) is 30.5 Å². The third kappa shape index (κ3) is 3.00. The second kappa shape index (κ2) is 6.74. The van der Waals surface area contributed by atoms with E-state index < -0.39 is 0 Å². The highest BCUT2D eigenvalue weighted by Crippen LogP contribution is 2.38. The van der Waals surface area contributed by atoms with Crippen molar-refractivity contribution in [2.75, 3.05) is 13.1 Å². The summed E-state index contributed by atoms with van der Waals surface area (Å²) in [5.41, 5.74) is 2.81. The first-order valence-electron chi connectivity index (χ1n) is 8.64. The molecule has 0 saturated carbocycles. The van der Waals surface area contributed by atoms with Crippen molar-refractivity contribution in [2.24, 2.45) is 0 Å². The molecule has 1 aliphatic heterocycles. The molecule has 0 spiro atoms. The van der Waals surface area contributed by atoms with Crippen LogP contribution >= 0.6 is 0 Å². The van der Waals surface area contributed by atoms with E-state index in [-0.39, 0.29) is 17.7 Å². The van der Waals surface area contributed by atoms with Crippen LogP contribution in [-0.4, -0.2) is 39.2 Å². The first-order chi connectivity index (χ1) is 12.6. The van der Waals surface area contributed by atoms with Crippen LogP contribution in [0.2, 0.25) is 0 Å². The summed E-state index contributed by atoms with van der Waals surface area (Å²) in [7, 11) is 0.